The molecule has 0 spiro atoms. The number of aryl methyl sites for hydroxylation is 1. The number of nitrogens with zero attached hydrogens (tertiary/aromatic N) is 5. The van der Waals surface area contributed by atoms with Crippen LogP contribution in [0.1, 0.15) is 25.2 Å². The van der Waals surface area contributed by atoms with E-state index in [0.29, 0.717) is 23.5 Å². The van der Waals surface area contributed by atoms with Crippen LogP contribution in [0.25, 0.3) is 11.2 Å². The minimum Gasteiger partial charge on any atom is -0.360 e. The molecule has 0 saturated carbocycles. The van der Waals surface area contributed by atoms with Crippen LogP contribution < -0.4 is 16.6 Å². The number of carbonyl (C=O) groups is 1. The minimum absolute atomic E-state index is 0.219. The fourth-order valence-corrected chi connectivity index (χ4v) is 3.57. The van der Waals surface area contributed by atoms with Crippen LogP contribution in [0.3, 0.4) is 0 Å². The molecule has 4 rings (SSSR count). The standard InChI is InChI=1S/C22H24N6O4/c1-14(2)10-26-13-23-20-19(26)21(30)28(12-18(29)24-17-9-15(3)32-25-17)22(31)27(20)11-16-7-5-4-6-8-16/h4-9,13-14H,10-12H2,1-3H3,(H,24,25,29). The molecule has 1 N–H and O–H groups in total. The summed E-state index contributed by atoms with van der Waals surface area (Å²) in [4.78, 5) is 43.5. The van der Waals surface area contributed by atoms with Gasteiger partial charge in [0, 0.05) is 12.6 Å². The molecule has 0 unspecified atom stereocenters. The van der Waals surface area contributed by atoms with Crippen molar-refractivity contribution in [3.63, 3.8) is 0 Å². The number of hydrogen-bond acceptors (Lipinski definition) is 6. The monoisotopic (exact) mass is 436 g/mol. The molecule has 0 radical (unpaired) electrons. The first-order chi connectivity index (χ1) is 15.3. The van der Waals surface area contributed by atoms with E-state index in [1.807, 2.05) is 44.2 Å². The molecule has 0 aliphatic rings. The summed E-state index contributed by atoms with van der Waals surface area (Å²) in [5.74, 6) is 0.448. The molecule has 0 aliphatic heterocycles. The number of fused-ring (bicyclic) bond motifs is 1. The number of anilines is 1. The van der Waals surface area contributed by atoms with Gasteiger partial charge in [0.05, 0.1) is 12.9 Å². The van der Waals surface area contributed by atoms with Gasteiger partial charge >= 0.3 is 5.69 Å². The van der Waals surface area contributed by atoms with Crippen LogP contribution in [-0.2, 0) is 24.4 Å². The largest absolute Gasteiger partial charge is 0.360 e. The van der Waals surface area contributed by atoms with Crippen molar-refractivity contribution in [3.8, 4) is 0 Å². The van der Waals surface area contributed by atoms with Crippen molar-refractivity contribution in [1.82, 2.24) is 23.8 Å². The number of imidazole rings is 1. The van der Waals surface area contributed by atoms with Crippen molar-refractivity contribution in [2.24, 2.45) is 5.92 Å². The van der Waals surface area contributed by atoms with Gasteiger partial charge in [-0.15, -0.1) is 0 Å². The Hall–Kier alpha value is -3.95. The summed E-state index contributed by atoms with van der Waals surface area (Å²) in [6, 6.07) is 11.0. The third kappa shape index (κ3) is 4.25. The lowest BCUT2D eigenvalue weighted by atomic mass is 10.2. The van der Waals surface area contributed by atoms with E-state index >= 15 is 0 Å². The molecule has 0 saturated heterocycles. The predicted molar refractivity (Wildman–Crippen MR) is 119 cm³/mol. The maximum atomic E-state index is 13.3. The first kappa shape index (κ1) is 21.3. The van der Waals surface area contributed by atoms with Crippen molar-refractivity contribution < 1.29 is 9.32 Å². The Kier molecular flexibility index (Phi) is 5.76. The zero-order valence-corrected chi connectivity index (χ0v) is 18.1. The van der Waals surface area contributed by atoms with Gasteiger partial charge in [-0.2, -0.15) is 0 Å². The molecule has 3 heterocycles. The van der Waals surface area contributed by atoms with E-state index in [1.165, 1.54) is 4.57 Å². The van der Waals surface area contributed by atoms with E-state index in [-0.39, 0.29) is 18.3 Å². The molecule has 166 valence electrons. The lowest BCUT2D eigenvalue weighted by Crippen LogP contribution is -2.43. The van der Waals surface area contributed by atoms with Crippen LogP contribution in [0.15, 0.2) is 56.8 Å². The van der Waals surface area contributed by atoms with Crippen LogP contribution in [-0.4, -0.2) is 29.7 Å². The summed E-state index contributed by atoms with van der Waals surface area (Å²) < 4.78 is 9.04. The third-order valence-corrected chi connectivity index (χ3v) is 4.93. The SMILES string of the molecule is Cc1cc(NC(=O)Cn2c(=O)c3c(ncn3CC(C)C)n(Cc3ccccc3)c2=O)no1. The maximum absolute atomic E-state index is 13.3. The average Bonchev–Trinajstić information content (AvgIpc) is 3.35. The molecule has 1 amide bonds. The van der Waals surface area contributed by atoms with Gasteiger partial charge < -0.3 is 14.4 Å². The molecule has 0 atom stereocenters. The van der Waals surface area contributed by atoms with Crippen molar-refractivity contribution in [2.75, 3.05) is 5.32 Å². The van der Waals surface area contributed by atoms with Gasteiger partial charge in [-0.25, -0.2) is 14.3 Å². The Labute approximate surface area is 183 Å². The van der Waals surface area contributed by atoms with Gasteiger partial charge in [0.25, 0.3) is 5.56 Å². The first-order valence-electron chi connectivity index (χ1n) is 10.3. The quantitative estimate of drug-likeness (QED) is 0.474. The third-order valence-electron chi connectivity index (χ3n) is 4.93. The van der Waals surface area contributed by atoms with Crippen LogP contribution in [0.2, 0.25) is 0 Å². The van der Waals surface area contributed by atoms with Gasteiger partial charge in [0.2, 0.25) is 5.91 Å². The topological polar surface area (TPSA) is 117 Å². The van der Waals surface area contributed by atoms with E-state index in [9.17, 15) is 14.4 Å². The van der Waals surface area contributed by atoms with E-state index in [1.54, 1.807) is 23.9 Å². The Bertz CT molecular complexity index is 1380. The van der Waals surface area contributed by atoms with E-state index < -0.39 is 23.7 Å². The molecular weight excluding hydrogens is 412 g/mol. The van der Waals surface area contributed by atoms with E-state index in [0.717, 1.165) is 10.1 Å². The summed E-state index contributed by atoms with van der Waals surface area (Å²) in [6.45, 7) is 6.06. The highest BCUT2D eigenvalue weighted by Crippen LogP contribution is 2.12. The van der Waals surface area contributed by atoms with Gasteiger partial charge in [-0.05, 0) is 18.4 Å². The number of amides is 1. The first-order valence-corrected chi connectivity index (χ1v) is 10.3. The molecule has 4 aromatic rings. The molecule has 1 aromatic carbocycles. The Morgan fingerprint density at radius 1 is 1.16 bits per heavy atom. The number of rotatable bonds is 7. The summed E-state index contributed by atoms with van der Waals surface area (Å²) in [6.07, 6.45) is 1.57. The number of benzene rings is 1. The summed E-state index contributed by atoms with van der Waals surface area (Å²) >= 11 is 0. The van der Waals surface area contributed by atoms with Crippen LogP contribution >= 0.6 is 0 Å². The zero-order valence-electron chi connectivity index (χ0n) is 18.1. The number of carbonyl (C=O) groups excluding carboxylic acids is 1. The van der Waals surface area contributed by atoms with Gasteiger partial charge in [-0.1, -0.05) is 49.3 Å². The van der Waals surface area contributed by atoms with Crippen molar-refractivity contribution in [3.05, 3.63) is 74.9 Å². The Morgan fingerprint density at radius 2 is 1.91 bits per heavy atom. The molecule has 32 heavy (non-hydrogen) atoms. The molecule has 0 aliphatic carbocycles. The lowest BCUT2D eigenvalue weighted by molar-refractivity contribution is -0.116. The van der Waals surface area contributed by atoms with E-state index in [4.69, 9.17) is 4.52 Å². The Morgan fingerprint density at radius 3 is 2.56 bits per heavy atom. The van der Waals surface area contributed by atoms with Crippen LogP contribution in [0.4, 0.5) is 5.82 Å². The maximum Gasteiger partial charge on any atom is 0.333 e. The fraction of sp³-hybridized carbons (Fsp3) is 0.318. The van der Waals surface area contributed by atoms with Crippen molar-refractivity contribution in [1.29, 1.82) is 0 Å². The number of hydrogen-bond donors (Lipinski definition) is 1. The Balaban J connectivity index is 1.80. The number of aromatic nitrogens is 5. The average molecular weight is 436 g/mol. The molecule has 10 nitrogen and oxygen atoms in total. The second-order valence-corrected chi connectivity index (χ2v) is 8.08. The fourth-order valence-electron chi connectivity index (χ4n) is 3.57. The highest BCUT2D eigenvalue weighted by atomic mass is 16.5. The highest BCUT2D eigenvalue weighted by molar-refractivity contribution is 5.89. The summed E-state index contributed by atoms with van der Waals surface area (Å²) in [7, 11) is 0. The lowest BCUT2D eigenvalue weighted by Gasteiger charge is -2.13. The second kappa shape index (κ2) is 8.66. The molecule has 3 aromatic heterocycles. The minimum atomic E-state index is -0.604. The highest BCUT2D eigenvalue weighted by Gasteiger charge is 2.20. The summed E-state index contributed by atoms with van der Waals surface area (Å²) in [5.41, 5.74) is 0.307. The zero-order chi connectivity index (χ0) is 22.8. The normalized spacial score (nSPS) is 11.4. The smallest absolute Gasteiger partial charge is 0.333 e. The van der Waals surface area contributed by atoms with E-state index in [2.05, 4.69) is 15.5 Å². The van der Waals surface area contributed by atoms with Gasteiger partial charge in [0.1, 0.15) is 12.3 Å². The van der Waals surface area contributed by atoms with Crippen LogP contribution in [0.5, 0.6) is 0 Å². The molecule has 0 bridgehead atoms. The number of nitrogens with one attached hydrogen (secondary N) is 1. The molecular formula is C22H24N6O4. The van der Waals surface area contributed by atoms with Crippen molar-refractivity contribution in [2.45, 2.75) is 40.4 Å². The summed E-state index contributed by atoms with van der Waals surface area (Å²) in [5, 5.41) is 6.26. The van der Waals surface area contributed by atoms with Crippen LogP contribution in [0, 0.1) is 12.8 Å². The molecule has 10 heteroatoms. The van der Waals surface area contributed by atoms with Crippen molar-refractivity contribution >= 4 is 22.9 Å². The molecule has 0 fully saturated rings. The van der Waals surface area contributed by atoms with Gasteiger partial charge in [0.15, 0.2) is 17.0 Å². The van der Waals surface area contributed by atoms with Gasteiger partial charge in [-0.3, -0.25) is 14.2 Å². The second-order valence-electron chi connectivity index (χ2n) is 8.08. The predicted octanol–water partition coefficient (Wildman–Crippen LogP) is 2.00.